The number of ether oxygens (including phenoxy) is 1. The molecule has 1 aromatic carbocycles. The minimum absolute atomic E-state index is 0.131. The second kappa shape index (κ2) is 6.72. The number of carbonyl (C=O) groups is 1. The van der Waals surface area contributed by atoms with Crippen molar-refractivity contribution < 1.29 is 14.6 Å². The normalized spacial score (nSPS) is 23.9. The van der Waals surface area contributed by atoms with Crippen molar-refractivity contribution >= 4 is 11.6 Å². The van der Waals surface area contributed by atoms with Crippen LogP contribution in [0.4, 0.5) is 5.69 Å². The van der Waals surface area contributed by atoms with Gasteiger partial charge in [-0.15, -0.1) is 0 Å². The minimum Gasteiger partial charge on any atom is -0.488 e. The molecule has 5 heteroatoms. The van der Waals surface area contributed by atoms with Crippen LogP contribution in [0.1, 0.15) is 32.6 Å². The number of amides is 1. The number of carbonyl (C=O) groups excluding carboxylic acids is 1. The van der Waals surface area contributed by atoms with Gasteiger partial charge in [0.05, 0.1) is 12.1 Å². The van der Waals surface area contributed by atoms with E-state index in [0.29, 0.717) is 11.4 Å². The molecule has 0 heterocycles. The molecule has 20 heavy (non-hydrogen) atoms. The third kappa shape index (κ3) is 3.95. The summed E-state index contributed by atoms with van der Waals surface area (Å²) in [6, 6.07) is 6.58. The predicted octanol–water partition coefficient (Wildman–Crippen LogP) is 1.65. The van der Waals surface area contributed by atoms with Crippen molar-refractivity contribution in [3.05, 3.63) is 24.3 Å². The van der Waals surface area contributed by atoms with Gasteiger partial charge < -0.3 is 20.9 Å². The van der Waals surface area contributed by atoms with E-state index in [2.05, 4.69) is 5.32 Å². The molecule has 0 radical (unpaired) electrons. The Hall–Kier alpha value is -1.59. The number of hydrogen-bond donors (Lipinski definition) is 3. The van der Waals surface area contributed by atoms with E-state index in [0.717, 1.165) is 25.7 Å². The van der Waals surface area contributed by atoms with Crippen molar-refractivity contribution in [2.24, 2.45) is 5.73 Å². The second-order valence-corrected chi connectivity index (χ2v) is 5.31. The Balaban J connectivity index is 1.92. The van der Waals surface area contributed by atoms with Crippen molar-refractivity contribution in [3.8, 4) is 5.75 Å². The van der Waals surface area contributed by atoms with Crippen molar-refractivity contribution in [1.82, 2.24) is 0 Å². The average Bonchev–Trinajstić information content (AvgIpc) is 2.43. The standard InChI is InChI=1S/C15H22N2O3/c1-10(16)15(19)17-11-6-8-12(9-7-11)20-14-5-3-2-4-13(14)18/h6-10,13-14,18H,2-5,16H2,1H3,(H,17,19)/t10-,13?,14?/m1/s1. The number of nitrogens with two attached hydrogens (primary N) is 1. The fraction of sp³-hybridized carbons (Fsp3) is 0.533. The summed E-state index contributed by atoms with van der Waals surface area (Å²) in [5, 5.41) is 12.6. The lowest BCUT2D eigenvalue weighted by Gasteiger charge is -2.28. The van der Waals surface area contributed by atoms with Crippen molar-refractivity contribution in [2.45, 2.75) is 50.9 Å². The number of rotatable bonds is 4. The first-order valence-corrected chi connectivity index (χ1v) is 7.07. The minimum atomic E-state index is -0.539. The molecule has 2 unspecified atom stereocenters. The van der Waals surface area contributed by atoms with Crippen LogP contribution in [0.15, 0.2) is 24.3 Å². The zero-order valence-electron chi connectivity index (χ0n) is 11.7. The highest BCUT2D eigenvalue weighted by atomic mass is 16.5. The number of aliphatic hydroxyl groups excluding tert-OH is 1. The lowest BCUT2D eigenvalue weighted by atomic mass is 9.95. The van der Waals surface area contributed by atoms with Crippen LogP contribution >= 0.6 is 0 Å². The molecule has 0 spiro atoms. The molecule has 1 aliphatic carbocycles. The summed E-state index contributed by atoms with van der Waals surface area (Å²) in [7, 11) is 0. The Morgan fingerprint density at radius 3 is 2.60 bits per heavy atom. The van der Waals surface area contributed by atoms with Crippen molar-refractivity contribution in [3.63, 3.8) is 0 Å². The summed E-state index contributed by atoms with van der Waals surface area (Å²) in [6.07, 6.45) is 3.31. The third-order valence-corrected chi connectivity index (χ3v) is 3.49. The van der Waals surface area contributed by atoms with Gasteiger partial charge >= 0.3 is 0 Å². The first-order valence-electron chi connectivity index (χ1n) is 7.07. The van der Waals surface area contributed by atoms with Gasteiger partial charge in [-0.25, -0.2) is 0 Å². The maximum Gasteiger partial charge on any atom is 0.240 e. The summed E-state index contributed by atoms with van der Waals surface area (Å²) < 4.78 is 5.79. The van der Waals surface area contributed by atoms with Crippen LogP contribution in [0.3, 0.4) is 0 Å². The van der Waals surface area contributed by atoms with E-state index in [1.54, 1.807) is 31.2 Å². The highest BCUT2D eigenvalue weighted by molar-refractivity contribution is 5.94. The highest BCUT2D eigenvalue weighted by Crippen LogP contribution is 2.24. The Kier molecular flexibility index (Phi) is 4.98. The Bertz CT molecular complexity index is 445. The van der Waals surface area contributed by atoms with Gasteiger partial charge in [0.15, 0.2) is 0 Å². The molecular formula is C15H22N2O3. The molecule has 5 nitrogen and oxygen atoms in total. The van der Waals surface area contributed by atoms with E-state index >= 15 is 0 Å². The first-order chi connectivity index (χ1) is 9.56. The molecular weight excluding hydrogens is 256 g/mol. The molecule has 0 aliphatic heterocycles. The predicted molar refractivity (Wildman–Crippen MR) is 77.6 cm³/mol. The largest absolute Gasteiger partial charge is 0.488 e. The van der Waals surface area contributed by atoms with E-state index in [1.165, 1.54) is 0 Å². The third-order valence-electron chi connectivity index (χ3n) is 3.49. The van der Waals surface area contributed by atoms with Crippen molar-refractivity contribution in [1.29, 1.82) is 0 Å². The van der Waals surface area contributed by atoms with Crippen LogP contribution in [0.2, 0.25) is 0 Å². The van der Waals surface area contributed by atoms with Crippen LogP contribution < -0.4 is 15.8 Å². The number of aliphatic hydroxyl groups is 1. The van der Waals surface area contributed by atoms with Crippen LogP contribution in [-0.4, -0.2) is 29.3 Å². The van der Waals surface area contributed by atoms with Crippen LogP contribution in [0.25, 0.3) is 0 Å². The number of benzene rings is 1. The van der Waals surface area contributed by atoms with E-state index < -0.39 is 6.04 Å². The zero-order chi connectivity index (χ0) is 14.5. The van der Waals surface area contributed by atoms with Gasteiger partial charge in [-0.2, -0.15) is 0 Å². The van der Waals surface area contributed by atoms with Gasteiger partial charge in [0.2, 0.25) is 5.91 Å². The number of nitrogens with one attached hydrogen (secondary N) is 1. The molecule has 3 atom stereocenters. The topological polar surface area (TPSA) is 84.6 Å². The highest BCUT2D eigenvalue weighted by Gasteiger charge is 2.24. The molecule has 0 bridgehead atoms. The van der Waals surface area contributed by atoms with Crippen molar-refractivity contribution in [2.75, 3.05) is 5.32 Å². The smallest absolute Gasteiger partial charge is 0.240 e. The zero-order valence-corrected chi connectivity index (χ0v) is 11.7. The van der Waals surface area contributed by atoms with Gasteiger partial charge in [-0.05, 0) is 50.5 Å². The molecule has 2 rings (SSSR count). The molecule has 0 saturated heterocycles. The Morgan fingerprint density at radius 1 is 1.35 bits per heavy atom. The monoisotopic (exact) mass is 278 g/mol. The van der Waals surface area contributed by atoms with Crippen LogP contribution in [0, 0.1) is 0 Å². The fourth-order valence-electron chi connectivity index (χ4n) is 2.26. The van der Waals surface area contributed by atoms with Crippen LogP contribution in [-0.2, 0) is 4.79 Å². The van der Waals surface area contributed by atoms with E-state index in [1.807, 2.05) is 0 Å². The van der Waals surface area contributed by atoms with Crippen LogP contribution in [0.5, 0.6) is 5.75 Å². The fourth-order valence-corrected chi connectivity index (χ4v) is 2.26. The first kappa shape index (κ1) is 14.8. The molecule has 0 aromatic heterocycles. The van der Waals surface area contributed by atoms with Gasteiger partial charge in [0, 0.05) is 5.69 Å². The second-order valence-electron chi connectivity index (χ2n) is 5.31. The summed E-state index contributed by atoms with van der Waals surface area (Å²) >= 11 is 0. The molecule has 4 N–H and O–H groups in total. The van der Waals surface area contributed by atoms with E-state index in [9.17, 15) is 9.90 Å². The SMILES string of the molecule is C[C@@H](N)C(=O)Nc1ccc(OC2CCCCC2O)cc1. The number of anilines is 1. The lowest BCUT2D eigenvalue weighted by molar-refractivity contribution is -0.117. The molecule has 1 amide bonds. The van der Waals surface area contributed by atoms with Gasteiger partial charge in [-0.1, -0.05) is 6.42 Å². The summed E-state index contributed by atoms with van der Waals surface area (Å²) in [4.78, 5) is 11.5. The Labute approximate surface area is 119 Å². The summed E-state index contributed by atoms with van der Waals surface area (Å²) in [5.41, 5.74) is 6.17. The maximum atomic E-state index is 11.5. The van der Waals surface area contributed by atoms with Gasteiger partial charge in [0.25, 0.3) is 0 Å². The summed E-state index contributed by atoms with van der Waals surface area (Å²) in [5.74, 6) is 0.483. The number of hydrogen-bond acceptors (Lipinski definition) is 4. The maximum absolute atomic E-state index is 11.5. The molecule has 1 fully saturated rings. The molecule has 1 saturated carbocycles. The van der Waals surface area contributed by atoms with Gasteiger partial charge in [0.1, 0.15) is 11.9 Å². The lowest BCUT2D eigenvalue weighted by Crippen LogP contribution is -2.34. The van der Waals surface area contributed by atoms with Gasteiger partial charge in [-0.3, -0.25) is 4.79 Å². The van der Waals surface area contributed by atoms with E-state index in [-0.39, 0.29) is 18.1 Å². The molecule has 1 aromatic rings. The quantitative estimate of drug-likeness (QED) is 0.782. The molecule has 110 valence electrons. The average molecular weight is 278 g/mol. The van der Waals surface area contributed by atoms with E-state index in [4.69, 9.17) is 10.5 Å². The Morgan fingerprint density at radius 2 is 2.00 bits per heavy atom. The summed E-state index contributed by atoms with van der Waals surface area (Å²) in [6.45, 7) is 1.64. The molecule has 1 aliphatic rings.